The van der Waals surface area contributed by atoms with E-state index in [0.29, 0.717) is 13.0 Å². The second-order valence-corrected chi connectivity index (χ2v) is 3.76. The fraction of sp³-hybridized carbons (Fsp3) is 0.308. The van der Waals surface area contributed by atoms with Crippen molar-refractivity contribution in [3.05, 3.63) is 41.5 Å². The molecule has 1 aromatic carbocycles. The van der Waals surface area contributed by atoms with Crippen molar-refractivity contribution in [2.75, 3.05) is 6.54 Å². The zero-order valence-corrected chi connectivity index (χ0v) is 9.92. The first kappa shape index (κ1) is 14.3. The molecular weight excluding hydrogens is 243 g/mol. The van der Waals surface area contributed by atoms with Crippen molar-refractivity contribution in [1.29, 1.82) is 0 Å². The highest BCUT2D eigenvalue weighted by molar-refractivity contribution is 5.72. The van der Waals surface area contributed by atoms with Gasteiger partial charge in [-0.1, -0.05) is 30.4 Å². The van der Waals surface area contributed by atoms with Crippen molar-refractivity contribution in [2.45, 2.75) is 19.5 Å². The third-order valence-electron chi connectivity index (χ3n) is 2.25. The molecule has 0 atom stereocenters. The SMILES string of the molecule is CC(=O)NCCC=Cc1ccccc1C(F)(F)F. The number of benzene rings is 1. The predicted molar refractivity (Wildman–Crippen MR) is 63.8 cm³/mol. The number of carbonyl (C=O) groups is 1. The van der Waals surface area contributed by atoms with Gasteiger partial charge in [-0.15, -0.1) is 0 Å². The van der Waals surface area contributed by atoms with Gasteiger partial charge in [0.15, 0.2) is 0 Å². The molecule has 2 nitrogen and oxygen atoms in total. The minimum Gasteiger partial charge on any atom is -0.356 e. The summed E-state index contributed by atoms with van der Waals surface area (Å²) < 4.78 is 37.9. The fourth-order valence-corrected chi connectivity index (χ4v) is 1.44. The Morgan fingerprint density at radius 2 is 2.00 bits per heavy atom. The van der Waals surface area contributed by atoms with E-state index >= 15 is 0 Å². The summed E-state index contributed by atoms with van der Waals surface area (Å²) in [6, 6.07) is 5.38. The molecular formula is C13H14F3NO. The lowest BCUT2D eigenvalue weighted by atomic mass is 10.1. The first-order chi connectivity index (χ1) is 8.41. The van der Waals surface area contributed by atoms with Crippen molar-refractivity contribution in [2.24, 2.45) is 0 Å². The molecule has 1 N–H and O–H groups in total. The van der Waals surface area contributed by atoms with Crippen LogP contribution >= 0.6 is 0 Å². The van der Waals surface area contributed by atoms with Crippen LogP contribution in [-0.4, -0.2) is 12.5 Å². The minimum atomic E-state index is -4.35. The first-order valence-corrected chi connectivity index (χ1v) is 5.48. The number of alkyl halides is 3. The first-order valence-electron chi connectivity index (χ1n) is 5.48. The van der Waals surface area contributed by atoms with E-state index in [9.17, 15) is 18.0 Å². The lowest BCUT2D eigenvalue weighted by Crippen LogP contribution is -2.20. The Morgan fingerprint density at radius 1 is 1.33 bits per heavy atom. The summed E-state index contributed by atoms with van der Waals surface area (Å²) in [6.45, 7) is 1.81. The third-order valence-corrected chi connectivity index (χ3v) is 2.25. The van der Waals surface area contributed by atoms with Crippen LogP contribution in [-0.2, 0) is 11.0 Å². The maximum Gasteiger partial charge on any atom is 0.416 e. The standard InChI is InChI=1S/C13H14F3NO/c1-10(18)17-9-5-4-7-11-6-2-3-8-12(11)13(14,15)16/h2-4,6-8H,5,9H2,1H3,(H,17,18). The Morgan fingerprint density at radius 3 is 2.61 bits per heavy atom. The van der Waals surface area contributed by atoms with E-state index in [-0.39, 0.29) is 11.5 Å². The molecule has 0 fully saturated rings. The largest absolute Gasteiger partial charge is 0.416 e. The molecule has 0 radical (unpaired) electrons. The van der Waals surface area contributed by atoms with Crippen molar-refractivity contribution in [1.82, 2.24) is 5.32 Å². The van der Waals surface area contributed by atoms with Crippen LogP contribution in [0.1, 0.15) is 24.5 Å². The molecule has 0 saturated heterocycles. The number of nitrogens with one attached hydrogen (secondary N) is 1. The molecule has 0 saturated carbocycles. The Kier molecular flexibility index (Phi) is 4.95. The van der Waals surface area contributed by atoms with Crippen LogP contribution in [0.3, 0.4) is 0 Å². The Hall–Kier alpha value is -1.78. The predicted octanol–water partition coefficient (Wildman–Crippen LogP) is 3.24. The van der Waals surface area contributed by atoms with Crippen molar-refractivity contribution in [3.8, 4) is 0 Å². The van der Waals surface area contributed by atoms with Crippen LogP contribution in [0.2, 0.25) is 0 Å². The fourth-order valence-electron chi connectivity index (χ4n) is 1.44. The van der Waals surface area contributed by atoms with Crippen LogP contribution in [0.25, 0.3) is 6.08 Å². The summed E-state index contributed by atoms with van der Waals surface area (Å²) in [7, 11) is 0. The van der Waals surface area contributed by atoms with Crippen LogP contribution in [0.4, 0.5) is 13.2 Å². The summed E-state index contributed by atoms with van der Waals surface area (Å²) in [4.78, 5) is 10.6. The lowest BCUT2D eigenvalue weighted by molar-refractivity contribution is -0.137. The number of rotatable bonds is 4. The van der Waals surface area contributed by atoms with Crippen molar-refractivity contribution in [3.63, 3.8) is 0 Å². The molecule has 0 aliphatic rings. The van der Waals surface area contributed by atoms with E-state index in [1.807, 2.05) is 0 Å². The van der Waals surface area contributed by atoms with Gasteiger partial charge >= 0.3 is 6.18 Å². The summed E-state index contributed by atoms with van der Waals surface area (Å²) in [6.07, 6.45) is -0.824. The monoisotopic (exact) mass is 257 g/mol. The maximum atomic E-state index is 12.6. The van der Waals surface area contributed by atoms with E-state index in [1.54, 1.807) is 12.1 Å². The Bertz CT molecular complexity index is 438. The molecule has 0 bridgehead atoms. The Balaban J connectivity index is 2.67. The van der Waals surface area contributed by atoms with Gasteiger partial charge in [0.05, 0.1) is 5.56 Å². The molecule has 5 heteroatoms. The van der Waals surface area contributed by atoms with Gasteiger partial charge in [0, 0.05) is 13.5 Å². The maximum absolute atomic E-state index is 12.6. The van der Waals surface area contributed by atoms with E-state index in [0.717, 1.165) is 6.07 Å². The molecule has 0 aliphatic carbocycles. The van der Waals surface area contributed by atoms with E-state index in [4.69, 9.17) is 0 Å². The molecule has 0 heterocycles. The number of hydrogen-bond acceptors (Lipinski definition) is 1. The van der Waals surface area contributed by atoms with Gasteiger partial charge in [-0.3, -0.25) is 4.79 Å². The highest BCUT2D eigenvalue weighted by Gasteiger charge is 2.32. The van der Waals surface area contributed by atoms with Crippen LogP contribution in [0, 0.1) is 0 Å². The van der Waals surface area contributed by atoms with Crippen molar-refractivity contribution < 1.29 is 18.0 Å². The Labute approximate surface area is 104 Å². The van der Waals surface area contributed by atoms with Crippen LogP contribution in [0.15, 0.2) is 30.3 Å². The van der Waals surface area contributed by atoms with Gasteiger partial charge in [0.25, 0.3) is 0 Å². The summed E-state index contributed by atoms with van der Waals surface area (Å²) >= 11 is 0. The van der Waals surface area contributed by atoms with E-state index in [1.165, 1.54) is 25.1 Å². The molecule has 98 valence electrons. The smallest absolute Gasteiger partial charge is 0.356 e. The van der Waals surface area contributed by atoms with Gasteiger partial charge in [0.1, 0.15) is 0 Å². The zero-order valence-electron chi connectivity index (χ0n) is 9.92. The minimum absolute atomic E-state index is 0.132. The highest BCUT2D eigenvalue weighted by atomic mass is 19.4. The number of amides is 1. The molecule has 1 rings (SSSR count). The number of halogens is 3. The van der Waals surface area contributed by atoms with E-state index in [2.05, 4.69) is 5.32 Å². The summed E-state index contributed by atoms with van der Waals surface area (Å²) in [5, 5.41) is 2.56. The quantitative estimate of drug-likeness (QED) is 0.824. The summed E-state index contributed by atoms with van der Waals surface area (Å²) in [5.41, 5.74) is -0.520. The van der Waals surface area contributed by atoms with Gasteiger partial charge in [-0.05, 0) is 18.1 Å². The zero-order chi connectivity index (χ0) is 13.6. The molecule has 0 aliphatic heterocycles. The van der Waals surface area contributed by atoms with Crippen LogP contribution in [0.5, 0.6) is 0 Å². The highest BCUT2D eigenvalue weighted by Crippen LogP contribution is 2.32. The average molecular weight is 257 g/mol. The molecule has 0 unspecified atom stereocenters. The van der Waals surface area contributed by atoms with Crippen LogP contribution < -0.4 is 5.32 Å². The van der Waals surface area contributed by atoms with Crippen molar-refractivity contribution >= 4 is 12.0 Å². The van der Waals surface area contributed by atoms with E-state index < -0.39 is 11.7 Å². The lowest BCUT2D eigenvalue weighted by Gasteiger charge is -2.09. The average Bonchev–Trinajstić information content (AvgIpc) is 2.27. The number of carbonyl (C=O) groups excluding carboxylic acids is 1. The third kappa shape index (κ3) is 4.61. The van der Waals surface area contributed by atoms with Gasteiger partial charge in [-0.25, -0.2) is 0 Å². The molecule has 1 aromatic rings. The van der Waals surface area contributed by atoms with Gasteiger partial charge < -0.3 is 5.32 Å². The summed E-state index contributed by atoms with van der Waals surface area (Å²) in [5.74, 6) is -0.154. The second kappa shape index (κ2) is 6.23. The molecule has 1 amide bonds. The molecule has 0 spiro atoms. The van der Waals surface area contributed by atoms with Gasteiger partial charge in [-0.2, -0.15) is 13.2 Å². The molecule has 0 aromatic heterocycles. The van der Waals surface area contributed by atoms with Gasteiger partial charge in [0.2, 0.25) is 5.91 Å². The normalized spacial score (nSPS) is 11.8. The number of hydrogen-bond donors (Lipinski definition) is 1. The molecule has 18 heavy (non-hydrogen) atoms. The second-order valence-electron chi connectivity index (χ2n) is 3.76. The topological polar surface area (TPSA) is 29.1 Å².